The fraction of sp³-hybridized carbons (Fsp3) is 0.114. The topological polar surface area (TPSA) is 17.1 Å². The monoisotopic (exact) mass is 620 g/mol. The molecule has 0 bridgehead atoms. The van der Waals surface area contributed by atoms with Gasteiger partial charge in [0.1, 0.15) is 0 Å². The van der Waals surface area contributed by atoms with Crippen LogP contribution in [0.5, 0.6) is 0 Å². The van der Waals surface area contributed by atoms with E-state index in [-0.39, 0.29) is 15.0 Å². The molecule has 5 rings (SSSR count). The zero-order valence-corrected chi connectivity index (χ0v) is 25.3. The average molecular weight is 619 g/mol. The van der Waals surface area contributed by atoms with E-state index in [0.717, 1.165) is 5.56 Å². The van der Waals surface area contributed by atoms with E-state index in [0.29, 0.717) is 6.42 Å². The van der Waals surface area contributed by atoms with Gasteiger partial charge in [-0.1, -0.05) is 0 Å². The third-order valence-electron chi connectivity index (χ3n) is 7.24. The molecule has 5 aromatic rings. The first-order valence-electron chi connectivity index (χ1n) is 13.2. The first kappa shape index (κ1) is 26.5. The summed E-state index contributed by atoms with van der Waals surface area (Å²) in [6, 6.07) is 53.9. The number of carbonyl (C=O) groups excluding carboxylic acids is 1. The molecular weight excluding hydrogens is 587 g/mol. The van der Waals surface area contributed by atoms with E-state index in [4.69, 9.17) is 0 Å². The molecule has 1 nitrogen and oxygen atoms in total. The van der Waals surface area contributed by atoms with Crippen molar-refractivity contribution in [2.75, 3.05) is 0 Å². The Hall–Kier alpha value is -3.08. The van der Waals surface area contributed by atoms with Crippen molar-refractivity contribution in [1.29, 1.82) is 0 Å². The molecule has 3 heteroatoms. The fourth-order valence-electron chi connectivity index (χ4n) is 5.51. The van der Waals surface area contributed by atoms with Gasteiger partial charge in [0.2, 0.25) is 0 Å². The third kappa shape index (κ3) is 5.67. The van der Waals surface area contributed by atoms with Gasteiger partial charge >= 0.3 is 236 Å². The Bertz CT molecular complexity index is 1330. The van der Waals surface area contributed by atoms with Crippen molar-refractivity contribution in [3.8, 4) is 0 Å². The van der Waals surface area contributed by atoms with Gasteiger partial charge < -0.3 is 0 Å². The summed E-state index contributed by atoms with van der Waals surface area (Å²) in [7, 11) is 0. The molecule has 0 amide bonds. The normalized spacial score (nSPS) is 13.0. The molecule has 0 aliphatic heterocycles. The molecule has 38 heavy (non-hydrogen) atoms. The van der Waals surface area contributed by atoms with Gasteiger partial charge in [0.25, 0.3) is 0 Å². The molecule has 5 aromatic carbocycles. The van der Waals surface area contributed by atoms with E-state index < -0.39 is 18.4 Å². The molecule has 0 heterocycles. The van der Waals surface area contributed by atoms with Crippen molar-refractivity contribution in [2.24, 2.45) is 5.92 Å². The Balaban J connectivity index is 1.73. The van der Waals surface area contributed by atoms with Gasteiger partial charge in [0, 0.05) is 0 Å². The molecule has 0 radical (unpaired) electrons. The number of ketones is 1. The summed E-state index contributed by atoms with van der Waals surface area (Å²) in [4.78, 5) is 14.8. The van der Waals surface area contributed by atoms with Crippen LogP contribution in [-0.4, -0.2) is 27.4 Å². The van der Waals surface area contributed by atoms with Gasteiger partial charge in [-0.15, -0.1) is 0 Å². The van der Waals surface area contributed by atoms with Crippen molar-refractivity contribution in [1.82, 2.24) is 0 Å². The summed E-state index contributed by atoms with van der Waals surface area (Å²) in [6.45, 7) is 2.29. The molecule has 0 saturated carbocycles. The van der Waals surface area contributed by atoms with Crippen molar-refractivity contribution < 1.29 is 4.79 Å². The summed E-state index contributed by atoms with van der Waals surface area (Å²) in [5.74, 6) is 0.371. The standard InChI is InChI=1S/C17H17OS.3C6H5.Sn/c1-14(13-19-16-10-6-3-7-11-16)12-17(18)15-8-4-2-5-9-15;3*1-2-4-6-5-3-1;/h2-11,13-14H,12H2,1H3;3*1-5H;. The predicted molar refractivity (Wildman–Crippen MR) is 165 cm³/mol. The molecule has 188 valence electrons. The Labute approximate surface area is 234 Å². The second-order valence-corrected chi connectivity index (χ2v) is 23.5. The van der Waals surface area contributed by atoms with Crippen LogP contribution in [0, 0.1) is 5.92 Å². The zero-order chi connectivity index (χ0) is 26.2. The van der Waals surface area contributed by atoms with E-state index in [1.54, 1.807) is 0 Å². The van der Waals surface area contributed by atoms with Crippen molar-refractivity contribution >= 4 is 46.7 Å². The second-order valence-electron chi connectivity index (χ2n) is 9.73. The zero-order valence-electron chi connectivity index (χ0n) is 21.6. The number of Topliss-reactive ketones (excluding diaryl/α,β-unsaturated/α-hetero) is 1. The predicted octanol–water partition coefficient (Wildman–Crippen LogP) is 6.77. The number of thioether (sulfide) groups is 1. The fourth-order valence-corrected chi connectivity index (χ4v) is 26.6. The van der Waals surface area contributed by atoms with Crippen LogP contribution in [0.15, 0.2) is 157 Å². The number of rotatable bonds is 10. The van der Waals surface area contributed by atoms with Gasteiger partial charge in [-0.05, 0) is 0 Å². The Morgan fingerprint density at radius 1 is 0.579 bits per heavy atom. The minimum atomic E-state index is -3.77. The van der Waals surface area contributed by atoms with Crippen molar-refractivity contribution in [2.45, 2.75) is 21.5 Å². The van der Waals surface area contributed by atoms with E-state index in [1.807, 2.05) is 42.1 Å². The van der Waals surface area contributed by atoms with Crippen LogP contribution in [0.25, 0.3) is 0 Å². The first-order chi connectivity index (χ1) is 18.7. The molecule has 2 unspecified atom stereocenters. The second kappa shape index (κ2) is 12.6. The molecule has 0 spiro atoms. The van der Waals surface area contributed by atoms with E-state index in [1.165, 1.54) is 15.6 Å². The van der Waals surface area contributed by atoms with Gasteiger partial charge in [0.05, 0.1) is 0 Å². The van der Waals surface area contributed by atoms with Crippen LogP contribution in [0.1, 0.15) is 23.7 Å². The summed E-state index contributed by atoms with van der Waals surface area (Å²) in [6.07, 6.45) is 0.514. The summed E-state index contributed by atoms with van der Waals surface area (Å²) in [5, 5.41) is 0. The van der Waals surface area contributed by atoms with Crippen LogP contribution in [-0.2, 0) is 0 Å². The maximum absolute atomic E-state index is 13.6. The molecule has 0 aliphatic rings. The van der Waals surface area contributed by atoms with Crippen molar-refractivity contribution in [3.63, 3.8) is 0 Å². The number of carbonyl (C=O) groups is 1. The number of benzene rings is 5. The summed E-state index contributed by atoms with van der Waals surface area (Å²) in [5.41, 5.74) is 0.794. The van der Waals surface area contributed by atoms with Crippen molar-refractivity contribution in [3.05, 3.63) is 157 Å². The van der Waals surface area contributed by atoms with E-state index >= 15 is 0 Å². The Morgan fingerprint density at radius 3 is 1.37 bits per heavy atom. The molecule has 0 saturated heterocycles. The first-order valence-corrected chi connectivity index (χ1v) is 20.0. The van der Waals surface area contributed by atoms with Crippen LogP contribution < -0.4 is 10.7 Å². The van der Waals surface area contributed by atoms with Crippen LogP contribution >= 0.6 is 11.8 Å². The van der Waals surface area contributed by atoms with Gasteiger partial charge in [-0.2, -0.15) is 0 Å². The average Bonchev–Trinajstić information content (AvgIpc) is 2.99. The van der Waals surface area contributed by atoms with Crippen LogP contribution in [0.4, 0.5) is 0 Å². The third-order valence-corrected chi connectivity index (χ3v) is 26.6. The molecule has 0 fully saturated rings. The Kier molecular flexibility index (Phi) is 8.82. The maximum atomic E-state index is 13.6. The van der Waals surface area contributed by atoms with Crippen LogP contribution in [0.2, 0.25) is 0 Å². The molecule has 0 aromatic heterocycles. The molecule has 2 atom stereocenters. The molecule has 0 N–H and O–H groups in total. The Morgan fingerprint density at radius 2 is 0.947 bits per heavy atom. The molecule has 0 aliphatic carbocycles. The van der Waals surface area contributed by atoms with E-state index in [9.17, 15) is 4.79 Å². The summed E-state index contributed by atoms with van der Waals surface area (Å²) >= 11 is -1.80. The van der Waals surface area contributed by atoms with E-state index in [2.05, 4.69) is 128 Å². The quantitative estimate of drug-likeness (QED) is 0.0977. The summed E-state index contributed by atoms with van der Waals surface area (Å²) < 4.78 is 4.55. The number of hydrogen-bond acceptors (Lipinski definition) is 2. The van der Waals surface area contributed by atoms with Crippen LogP contribution in [0.3, 0.4) is 0 Å². The van der Waals surface area contributed by atoms with Gasteiger partial charge in [0.15, 0.2) is 0 Å². The van der Waals surface area contributed by atoms with Gasteiger partial charge in [-0.25, -0.2) is 0 Å². The minimum absolute atomic E-state index is 0.157. The SMILES string of the molecule is CC(CC(=O)c1ccccc1)[CH](Sc1ccccc1)[Sn]([c]1ccccc1)([c]1ccccc1)[c]1ccccc1. The van der Waals surface area contributed by atoms with Gasteiger partial charge in [-0.3, -0.25) is 0 Å². The molecular formula is C35H32OSSn. The number of hydrogen-bond donors (Lipinski definition) is 0.